The molecule has 1 aliphatic carbocycles. The second kappa shape index (κ2) is 9.92. The number of carbonyl (C=O) groups excluding carboxylic acids is 2. The Labute approximate surface area is 220 Å². The molecule has 36 heavy (non-hydrogen) atoms. The van der Waals surface area contributed by atoms with Crippen LogP contribution in [-0.4, -0.2) is 11.7 Å². The summed E-state index contributed by atoms with van der Waals surface area (Å²) < 4.78 is 0. The number of allylic oxidation sites excluding steroid dienone is 2. The maximum absolute atomic E-state index is 13.7. The van der Waals surface area contributed by atoms with E-state index in [2.05, 4.69) is 22.2 Å². The zero-order valence-electron chi connectivity index (χ0n) is 19.8. The van der Waals surface area contributed by atoms with E-state index in [9.17, 15) is 9.59 Å². The fourth-order valence-corrected chi connectivity index (χ4v) is 5.70. The first kappa shape index (κ1) is 24.3. The van der Waals surface area contributed by atoms with E-state index < -0.39 is 11.8 Å². The van der Waals surface area contributed by atoms with Gasteiger partial charge in [0.05, 0.1) is 16.2 Å². The van der Waals surface area contributed by atoms with E-state index in [1.54, 1.807) is 18.3 Å². The molecular formula is C29H26Cl2N3O2+. The monoisotopic (exact) mass is 518 g/mol. The molecule has 5 nitrogen and oxygen atoms in total. The summed E-state index contributed by atoms with van der Waals surface area (Å²) in [6, 6.07) is 19.1. The lowest BCUT2D eigenvalue weighted by Gasteiger charge is -2.40. The smallest absolute Gasteiger partial charge is 0.317 e. The predicted molar refractivity (Wildman–Crippen MR) is 142 cm³/mol. The number of Topliss-reactive ketones (excluding diaryl/α,β-unsaturated/α-hetero) is 1. The van der Waals surface area contributed by atoms with E-state index in [1.807, 2.05) is 55.5 Å². The molecule has 0 fully saturated rings. The summed E-state index contributed by atoms with van der Waals surface area (Å²) in [5, 5.41) is 7.02. The number of H-pyrrole nitrogens is 1. The Hall–Kier alpha value is -3.41. The molecule has 3 atom stereocenters. The first-order valence-corrected chi connectivity index (χ1v) is 12.6. The van der Waals surface area contributed by atoms with Crippen molar-refractivity contribution in [2.45, 2.75) is 31.6 Å². The standard InChI is InChI=1S/C29H25Cl2N3O2/c1-16-8-7-13-32-28(16)34-29(36)24-17(2)33-22-14-19(18-9-4-3-5-10-18)15-23(35)26(22)25(24)20-11-6-12-21(30)27(20)31/h3-13,19,24-25,33H,2,14-15H2,1H3,(H,32,34,36)/p+1. The SMILES string of the molecule is C=C1NC2=C(C(=O)CC(c3ccccc3)C2)C(c2cccc(Cl)c2Cl)C1C(=O)Nc1[nH+]cccc1C. The third kappa shape index (κ3) is 4.45. The van der Waals surface area contributed by atoms with Gasteiger partial charge in [-0.15, -0.1) is 0 Å². The van der Waals surface area contributed by atoms with Crippen molar-refractivity contribution >= 4 is 40.7 Å². The highest BCUT2D eigenvalue weighted by atomic mass is 35.5. The molecule has 3 unspecified atom stereocenters. The number of ketones is 1. The van der Waals surface area contributed by atoms with Crippen LogP contribution in [0.2, 0.25) is 10.0 Å². The van der Waals surface area contributed by atoms with Crippen molar-refractivity contribution in [1.29, 1.82) is 0 Å². The van der Waals surface area contributed by atoms with Crippen LogP contribution >= 0.6 is 23.2 Å². The van der Waals surface area contributed by atoms with Gasteiger partial charge in [0.2, 0.25) is 0 Å². The maximum Gasteiger partial charge on any atom is 0.317 e. The molecule has 0 bridgehead atoms. The van der Waals surface area contributed by atoms with Gasteiger partial charge in [0.1, 0.15) is 5.92 Å². The van der Waals surface area contributed by atoms with Crippen LogP contribution in [0, 0.1) is 12.8 Å². The van der Waals surface area contributed by atoms with Gasteiger partial charge in [-0.2, -0.15) is 0 Å². The molecule has 5 rings (SSSR count). The van der Waals surface area contributed by atoms with Crippen LogP contribution in [0.4, 0.5) is 5.82 Å². The Morgan fingerprint density at radius 2 is 1.83 bits per heavy atom. The fraction of sp³-hybridized carbons (Fsp3) is 0.207. The number of amides is 1. The molecule has 1 amide bonds. The van der Waals surface area contributed by atoms with Crippen molar-refractivity contribution in [2.75, 3.05) is 5.32 Å². The molecule has 0 spiro atoms. The normalized spacial score (nSPS) is 21.6. The molecule has 182 valence electrons. The molecule has 3 N–H and O–H groups in total. The topological polar surface area (TPSA) is 72.3 Å². The van der Waals surface area contributed by atoms with Gasteiger partial charge in [0, 0.05) is 34.9 Å². The summed E-state index contributed by atoms with van der Waals surface area (Å²) in [7, 11) is 0. The van der Waals surface area contributed by atoms with Crippen LogP contribution in [0.25, 0.3) is 0 Å². The number of aromatic amines is 1. The van der Waals surface area contributed by atoms with Crippen molar-refractivity contribution in [2.24, 2.45) is 5.92 Å². The summed E-state index contributed by atoms with van der Waals surface area (Å²) in [5.41, 5.74) is 4.52. The molecule has 3 aromatic rings. The first-order valence-electron chi connectivity index (χ1n) is 11.8. The Morgan fingerprint density at radius 3 is 2.58 bits per heavy atom. The van der Waals surface area contributed by atoms with E-state index in [-0.39, 0.29) is 17.6 Å². The molecule has 2 aliphatic rings. The van der Waals surface area contributed by atoms with E-state index in [4.69, 9.17) is 23.2 Å². The van der Waals surface area contributed by atoms with Gasteiger partial charge in [-0.05, 0) is 48.6 Å². The Bertz CT molecular complexity index is 1400. The third-order valence-corrected chi connectivity index (χ3v) is 7.86. The molecule has 2 heterocycles. The summed E-state index contributed by atoms with van der Waals surface area (Å²) in [4.78, 5) is 30.6. The fourth-order valence-electron chi connectivity index (χ4n) is 5.27. The number of anilines is 1. The summed E-state index contributed by atoms with van der Waals surface area (Å²) in [6.07, 6.45) is 2.74. The van der Waals surface area contributed by atoms with E-state index in [0.29, 0.717) is 45.5 Å². The second-order valence-corrected chi connectivity index (χ2v) is 10.1. The molecule has 0 radical (unpaired) electrons. The number of hydrogen-bond acceptors (Lipinski definition) is 3. The van der Waals surface area contributed by atoms with Crippen molar-refractivity contribution in [3.05, 3.63) is 117 Å². The molecule has 0 saturated carbocycles. The molecule has 0 saturated heterocycles. The number of rotatable bonds is 4. The van der Waals surface area contributed by atoms with Gasteiger partial charge in [0.25, 0.3) is 5.82 Å². The lowest BCUT2D eigenvalue weighted by molar-refractivity contribution is -0.361. The van der Waals surface area contributed by atoms with Crippen molar-refractivity contribution in [3.63, 3.8) is 0 Å². The molecular weight excluding hydrogens is 493 g/mol. The summed E-state index contributed by atoms with van der Waals surface area (Å²) in [5.74, 6) is -1.06. The Kier molecular flexibility index (Phi) is 6.69. The summed E-state index contributed by atoms with van der Waals surface area (Å²) >= 11 is 13.1. The van der Waals surface area contributed by atoms with Crippen molar-refractivity contribution in [1.82, 2.24) is 5.32 Å². The zero-order valence-corrected chi connectivity index (χ0v) is 21.3. The van der Waals surface area contributed by atoms with Crippen LogP contribution in [0.3, 0.4) is 0 Å². The van der Waals surface area contributed by atoms with Gasteiger partial charge in [-0.3, -0.25) is 4.79 Å². The lowest BCUT2D eigenvalue weighted by atomic mass is 9.68. The molecule has 1 aliphatic heterocycles. The highest BCUT2D eigenvalue weighted by molar-refractivity contribution is 6.42. The quantitative estimate of drug-likeness (QED) is 0.446. The minimum atomic E-state index is -0.773. The molecule has 7 heteroatoms. The van der Waals surface area contributed by atoms with E-state index >= 15 is 0 Å². The molecule has 1 aromatic heterocycles. The van der Waals surface area contributed by atoms with Crippen LogP contribution in [0.15, 0.2) is 90.4 Å². The number of nitrogens with one attached hydrogen (secondary N) is 3. The van der Waals surface area contributed by atoms with E-state index in [0.717, 1.165) is 16.8 Å². The number of halogens is 2. The van der Waals surface area contributed by atoms with Crippen LogP contribution in [0.1, 0.15) is 41.4 Å². The minimum absolute atomic E-state index is 0.00796. The number of pyridine rings is 1. The van der Waals surface area contributed by atoms with Crippen molar-refractivity contribution < 1.29 is 14.6 Å². The zero-order chi connectivity index (χ0) is 25.4. The van der Waals surface area contributed by atoms with E-state index in [1.165, 1.54) is 0 Å². The Balaban J connectivity index is 1.60. The summed E-state index contributed by atoms with van der Waals surface area (Å²) in [6.45, 7) is 6.12. The van der Waals surface area contributed by atoms with Crippen molar-refractivity contribution in [3.8, 4) is 0 Å². The second-order valence-electron chi connectivity index (χ2n) is 9.30. The van der Waals surface area contributed by atoms with Gasteiger partial charge < -0.3 is 5.32 Å². The van der Waals surface area contributed by atoms with Crippen LogP contribution < -0.4 is 15.6 Å². The van der Waals surface area contributed by atoms with Crippen LogP contribution in [0.5, 0.6) is 0 Å². The van der Waals surface area contributed by atoms with Gasteiger partial charge in [0.15, 0.2) is 5.78 Å². The van der Waals surface area contributed by atoms with Gasteiger partial charge >= 0.3 is 5.91 Å². The average molecular weight is 519 g/mol. The predicted octanol–water partition coefficient (Wildman–Crippen LogP) is 5.97. The largest absolute Gasteiger partial charge is 0.362 e. The van der Waals surface area contributed by atoms with Gasteiger partial charge in [-0.1, -0.05) is 72.2 Å². The highest BCUT2D eigenvalue weighted by Crippen LogP contribution is 2.49. The average Bonchev–Trinajstić information content (AvgIpc) is 2.86. The number of aromatic nitrogens is 1. The molecule has 2 aromatic carbocycles. The number of benzene rings is 2. The third-order valence-electron chi connectivity index (χ3n) is 7.02. The number of carbonyl (C=O) groups is 2. The minimum Gasteiger partial charge on any atom is -0.362 e. The highest BCUT2D eigenvalue weighted by Gasteiger charge is 2.47. The van der Waals surface area contributed by atoms with Crippen LogP contribution in [-0.2, 0) is 9.59 Å². The Morgan fingerprint density at radius 1 is 1.06 bits per heavy atom. The maximum atomic E-state index is 13.7. The first-order chi connectivity index (χ1) is 17.3. The number of aryl methyl sites for hydroxylation is 1. The number of hydrogen-bond donors (Lipinski definition) is 2. The lowest BCUT2D eigenvalue weighted by Crippen LogP contribution is -2.43. The van der Waals surface area contributed by atoms with Gasteiger partial charge in [-0.25, -0.2) is 15.1 Å².